The first-order valence-electron chi connectivity index (χ1n) is 6.41. The number of carbonyl (C=O) groups excluding carboxylic acids is 1. The topological polar surface area (TPSA) is 98.7 Å². The summed E-state index contributed by atoms with van der Waals surface area (Å²) in [7, 11) is 0. The Morgan fingerprint density at radius 2 is 1.80 bits per heavy atom. The number of urea groups is 1. The first-order valence-corrected chi connectivity index (χ1v) is 6.41. The van der Waals surface area contributed by atoms with Crippen LogP contribution >= 0.6 is 0 Å². The van der Waals surface area contributed by atoms with Gasteiger partial charge in [-0.25, -0.2) is 9.59 Å². The van der Waals surface area contributed by atoms with Crippen molar-refractivity contribution >= 4 is 12.0 Å². The molecule has 0 fully saturated rings. The Labute approximate surface area is 117 Å². The Morgan fingerprint density at radius 1 is 1.20 bits per heavy atom. The molecule has 0 saturated carbocycles. The predicted molar refractivity (Wildman–Crippen MR) is 74.4 cm³/mol. The molecule has 6 heteroatoms. The van der Waals surface area contributed by atoms with Gasteiger partial charge in [-0.3, -0.25) is 0 Å². The number of aliphatic hydroxyl groups excluding tert-OH is 1. The largest absolute Gasteiger partial charge is 0.480 e. The zero-order valence-corrected chi connectivity index (χ0v) is 11.6. The van der Waals surface area contributed by atoms with Crippen molar-refractivity contribution in [2.75, 3.05) is 6.61 Å². The minimum absolute atomic E-state index is 0.294. The molecule has 0 aliphatic heterocycles. The standard InChI is InChI=1S/C14H20N2O4/c1-9(2)11-5-3-10(4-6-11)7-15-14(20)16-12(8-17)13(18)19/h3-6,9,12,17H,7-8H2,1-2H3,(H,18,19)(H2,15,16,20)/t12-/m1/s1. The first kappa shape index (κ1) is 16.0. The summed E-state index contributed by atoms with van der Waals surface area (Å²) in [5.74, 6) is -0.829. The van der Waals surface area contributed by atoms with E-state index in [4.69, 9.17) is 10.2 Å². The van der Waals surface area contributed by atoms with E-state index in [1.54, 1.807) is 0 Å². The number of benzene rings is 1. The fourth-order valence-electron chi connectivity index (χ4n) is 1.60. The van der Waals surface area contributed by atoms with Crippen molar-refractivity contribution in [1.82, 2.24) is 10.6 Å². The van der Waals surface area contributed by atoms with Crippen LogP contribution in [0.1, 0.15) is 30.9 Å². The van der Waals surface area contributed by atoms with Gasteiger partial charge in [0.15, 0.2) is 6.04 Å². The summed E-state index contributed by atoms with van der Waals surface area (Å²) in [6, 6.07) is 5.89. The molecule has 0 aliphatic rings. The van der Waals surface area contributed by atoms with Crippen LogP contribution in [0.4, 0.5) is 4.79 Å². The highest BCUT2D eigenvalue weighted by molar-refractivity contribution is 5.82. The maximum atomic E-state index is 11.5. The van der Waals surface area contributed by atoms with Crippen LogP contribution in [0.15, 0.2) is 24.3 Å². The summed E-state index contributed by atoms with van der Waals surface area (Å²) >= 11 is 0. The average molecular weight is 280 g/mol. The number of carboxylic acids is 1. The lowest BCUT2D eigenvalue weighted by atomic mass is 10.0. The zero-order chi connectivity index (χ0) is 15.1. The van der Waals surface area contributed by atoms with Crippen molar-refractivity contribution in [2.24, 2.45) is 0 Å². The smallest absolute Gasteiger partial charge is 0.328 e. The third-order valence-corrected chi connectivity index (χ3v) is 2.89. The molecule has 20 heavy (non-hydrogen) atoms. The molecule has 0 saturated heterocycles. The van der Waals surface area contributed by atoms with E-state index < -0.39 is 24.6 Å². The SMILES string of the molecule is CC(C)c1ccc(CNC(=O)N[C@H](CO)C(=O)O)cc1. The molecule has 1 aromatic carbocycles. The maximum absolute atomic E-state index is 11.5. The van der Waals surface area contributed by atoms with E-state index in [2.05, 4.69) is 24.5 Å². The van der Waals surface area contributed by atoms with Crippen LogP contribution < -0.4 is 10.6 Å². The lowest BCUT2D eigenvalue weighted by Crippen LogP contribution is -2.47. The molecular formula is C14H20N2O4. The van der Waals surface area contributed by atoms with Crippen molar-refractivity contribution < 1.29 is 19.8 Å². The number of hydrogen-bond donors (Lipinski definition) is 4. The van der Waals surface area contributed by atoms with Gasteiger partial charge in [0.05, 0.1) is 6.61 Å². The summed E-state index contributed by atoms with van der Waals surface area (Å²) in [5.41, 5.74) is 2.13. The third-order valence-electron chi connectivity index (χ3n) is 2.89. The van der Waals surface area contributed by atoms with Crippen molar-refractivity contribution in [2.45, 2.75) is 32.4 Å². The molecule has 1 atom stereocenters. The van der Waals surface area contributed by atoms with Gasteiger partial charge >= 0.3 is 12.0 Å². The molecule has 0 aliphatic carbocycles. The molecule has 1 rings (SSSR count). The van der Waals surface area contributed by atoms with Crippen LogP contribution in [0.5, 0.6) is 0 Å². The molecule has 2 amide bonds. The quantitative estimate of drug-likeness (QED) is 0.626. The number of carboxylic acid groups (broad SMARTS) is 1. The molecule has 6 nitrogen and oxygen atoms in total. The molecule has 4 N–H and O–H groups in total. The number of rotatable bonds is 6. The van der Waals surface area contributed by atoms with Gasteiger partial charge < -0.3 is 20.8 Å². The number of amides is 2. The van der Waals surface area contributed by atoms with E-state index in [-0.39, 0.29) is 0 Å². The van der Waals surface area contributed by atoms with Gasteiger partial charge in [0.25, 0.3) is 0 Å². The molecule has 0 spiro atoms. The van der Waals surface area contributed by atoms with Gasteiger partial charge in [0, 0.05) is 6.54 Å². The minimum Gasteiger partial charge on any atom is -0.480 e. The Bertz CT molecular complexity index is 457. The fraction of sp³-hybridized carbons (Fsp3) is 0.429. The molecule has 0 aromatic heterocycles. The summed E-state index contributed by atoms with van der Waals surface area (Å²) in [6.45, 7) is 3.84. The average Bonchev–Trinajstić information content (AvgIpc) is 2.42. The Morgan fingerprint density at radius 3 is 2.25 bits per heavy atom. The Balaban J connectivity index is 2.46. The van der Waals surface area contributed by atoms with Gasteiger partial charge in [-0.2, -0.15) is 0 Å². The van der Waals surface area contributed by atoms with E-state index in [0.29, 0.717) is 12.5 Å². The number of nitrogens with one attached hydrogen (secondary N) is 2. The molecule has 0 unspecified atom stereocenters. The summed E-state index contributed by atoms with van der Waals surface area (Å²) < 4.78 is 0. The summed E-state index contributed by atoms with van der Waals surface area (Å²) in [4.78, 5) is 22.1. The molecule has 0 radical (unpaired) electrons. The Hall–Kier alpha value is -2.08. The van der Waals surface area contributed by atoms with Crippen molar-refractivity contribution in [3.05, 3.63) is 35.4 Å². The lowest BCUT2D eigenvalue weighted by molar-refractivity contribution is -0.140. The van der Waals surface area contributed by atoms with Crippen LogP contribution in [0.3, 0.4) is 0 Å². The van der Waals surface area contributed by atoms with Crippen molar-refractivity contribution in [3.63, 3.8) is 0 Å². The second-order valence-corrected chi connectivity index (χ2v) is 4.80. The van der Waals surface area contributed by atoms with Crippen LogP contribution in [-0.2, 0) is 11.3 Å². The second kappa shape index (κ2) is 7.49. The highest BCUT2D eigenvalue weighted by Crippen LogP contribution is 2.14. The van der Waals surface area contributed by atoms with Gasteiger partial charge in [0.2, 0.25) is 0 Å². The van der Waals surface area contributed by atoms with Crippen molar-refractivity contribution in [1.29, 1.82) is 0 Å². The zero-order valence-electron chi connectivity index (χ0n) is 11.6. The second-order valence-electron chi connectivity index (χ2n) is 4.80. The normalized spacial score (nSPS) is 12.0. The summed E-state index contributed by atoms with van der Waals surface area (Å²) in [5, 5.41) is 22.2. The maximum Gasteiger partial charge on any atom is 0.328 e. The van der Waals surface area contributed by atoms with Gasteiger partial charge in [-0.1, -0.05) is 38.1 Å². The van der Waals surface area contributed by atoms with Crippen LogP contribution in [0, 0.1) is 0 Å². The van der Waals surface area contributed by atoms with E-state index in [0.717, 1.165) is 5.56 Å². The number of aliphatic carboxylic acids is 1. The highest BCUT2D eigenvalue weighted by Gasteiger charge is 2.18. The number of aliphatic hydroxyl groups is 1. The number of hydrogen-bond acceptors (Lipinski definition) is 3. The van der Waals surface area contributed by atoms with E-state index in [1.807, 2.05) is 24.3 Å². The summed E-state index contributed by atoms with van der Waals surface area (Å²) in [6.07, 6.45) is 0. The van der Waals surface area contributed by atoms with Gasteiger partial charge in [0.1, 0.15) is 0 Å². The molecule has 110 valence electrons. The van der Waals surface area contributed by atoms with Crippen molar-refractivity contribution in [3.8, 4) is 0 Å². The van der Waals surface area contributed by atoms with Gasteiger partial charge in [-0.05, 0) is 17.0 Å². The van der Waals surface area contributed by atoms with E-state index in [9.17, 15) is 9.59 Å². The highest BCUT2D eigenvalue weighted by atomic mass is 16.4. The first-order chi connectivity index (χ1) is 9.43. The van der Waals surface area contributed by atoms with E-state index in [1.165, 1.54) is 5.56 Å². The predicted octanol–water partition coefficient (Wildman–Crippen LogP) is 1.05. The van der Waals surface area contributed by atoms with E-state index >= 15 is 0 Å². The molecule has 0 heterocycles. The lowest BCUT2D eigenvalue weighted by Gasteiger charge is -2.13. The molecule has 0 bridgehead atoms. The van der Waals surface area contributed by atoms with Crippen LogP contribution in [0.2, 0.25) is 0 Å². The Kier molecular flexibility index (Phi) is 5.99. The van der Waals surface area contributed by atoms with Crippen LogP contribution in [0.25, 0.3) is 0 Å². The number of carbonyl (C=O) groups is 2. The molecular weight excluding hydrogens is 260 g/mol. The third kappa shape index (κ3) is 4.89. The monoisotopic (exact) mass is 280 g/mol. The van der Waals surface area contributed by atoms with Crippen LogP contribution in [-0.4, -0.2) is 34.9 Å². The van der Waals surface area contributed by atoms with Gasteiger partial charge in [-0.15, -0.1) is 0 Å². The minimum atomic E-state index is -1.29. The molecule has 1 aromatic rings. The fourth-order valence-corrected chi connectivity index (χ4v) is 1.60.